The molecule has 0 saturated heterocycles. The third kappa shape index (κ3) is 6.04. The maximum absolute atomic E-state index is 12.7. The van der Waals surface area contributed by atoms with Crippen LogP contribution in [0.4, 0.5) is 5.69 Å². The van der Waals surface area contributed by atoms with Gasteiger partial charge in [-0.25, -0.2) is 8.42 Å². The normalized spacial score (nSPS) is 32.7. The maximum Gasteiger partial charge on any atom is 0.216 e. The highest BCUT2D eigenvalue weighted by molar-refractivity contribution is 7.90. The average Bonchev–Trinajstić information content (AvgIpc) is 3.08. The van der Waals surface area contributed by atoms with E-state index in [1.165, 1.54) is 11.1 Å². The van der Waals surface area contributed by atoms with E-state index in [-0.39, 0.29) is 24.7 Å². The van der Waals surface area contributed by atoms with Crippen molar-refractivity contribution in [2.24, 2.45) is 11.8 Å². The van der Waals surface area contributed by atoms with Crippen LogP contribution in [0.25, 0.3) is 0 Å². The van der Waals surface area contributed by atoms with Crippen molar-refractivity contribution in [1.82, 2.24) is 4.72 Å². The van der Waals surface area contributed by atoms with Gasteiger partial charge in [0.1, 0.15) is 12.5 Å². The predicted molar refractivity (Wildman–Crippen MR) is 162 cm³/mol. The largest absolute Gasteiger partial charge is 0.490 e. The molecule has 0 amide bonds. The zero-order chi connectivity index (χ0) is 28.6. The summed E-state index contributed by atoms with van der Waals surface area (Å²) >= 11 is 6.40. The van der Waals surface area contributed by atoms with E-state index in [1.54, 1.807) is 6.92 Å². The summed E-state index contributed by atoms with van der Waals surface area (Å²) in [4.78, 5) is 2.48. The molecule has 2 N–H and O–H groups in total. The van der Waals surface area contributed by atoms with Crippen LogP contribution in [0, 0.1) is 11.8 Å². The number of benzene rings is 2. The van der Waals surface area contributed by atoms with E-state index in [0.29, 0.717) is 25.4 Å². The van der Waals surface area contributed by atoms with Crippen LogP contribution in [0.15, 0.2) is 48.6 Å². The minimum Gasteiger partial charge on any atom is -0.490 e. The van der Waals surface area contributed by atoms with Crippen LogP contribution in [-0.4, -0.2) is 51.3 Å². The van der Waals surface area contributed by atoms with Crippen molar-refractivity contribution >= 4 is 27.3 Å². The Hall–Kier alpha value is -2.10. The Morgan fingerprint density at radius 2 is 2.02 bits per heavy atom. The third-order valence-electron chi connectivity index (χ3n) is 9.71. The van der Waals surface area contributed by atoms with Gasteiger partial charge >= 0.3 is 0 Å². The monoisotopic (exact) mass is 600 g/mol. The Bertz CT molecular complexity index is 1400. The molecule has 4 aliphatic rings. The standard InChI is InChI=1S/C32H41ClN2O5S/c1-22-5-2-3-7-30(36)27-11-9-25(27)17-35-19-32(14-4-6-24-16-26(33)10-12-28(24)32)20-40-31-13-8-23(15-29(31)35)18-39-21-34-41(22,37)38/h3,7-8,10,12-13,15-16,22,25,27,30,34,36H,2,4-6,9,11,14,17-21H2,1H3/b7-3+/t22-,25-,27+,30-,32-/m0/s1. The molecule has 1 fully saturated rings. The molecule has 0 unspecified atom stereocenters. The second-order valence-electron chi connectivity index (χ2n) is 12.4. The van der Waals surface area contributed by atoms with Gasteiger partial charge in [-0.05, 0) is 105 Å². The molecule has 41 heavy (non-hydrogen) atoms. The fourth-order valence-electron chi connectivity index (χ4n) is 7.10. The van der Waals surface area contributed by atoms with Crippen molar-refractivity contribution < 1.29 is 23.0 Å². The highest BCUT2D eigenvalue weighted by Gasteiger charge is 2.44. The number of nitrogens with zero attached hydrogens (tertiary/aromatic N) is 1. The van der Waals surface area contributed by atoms with Gasteiger partial charge in [0.05, 0.1) is 30.3 Å². The number of aliphatic hydroxyl groups is 1. The first-order valence-corrected chi connectivity index (χ1v) is 16.9. The zero-order valence-corrected chi connectivity index (χ0v) is 25.3. The van der Waals surface area contributed by atoms with Gasteiger partial charge in [0.25, 0.3) is 0 Å². The lowest BCUT2D eigenvalue weighted by Crippen LogP contribution is -2.49. The van der Waals surface area contributed by atoms with Crippen LogP contribution in [-0.2, 0) is 33.2 Å². The molecule has 0 radical (unpaired) electrons. The van der Waals surface area contributed by atoms with Crippen molar-refractivity contribution in [3.05, 3.63) is 70.3 Å². The molecule has 0 aromatic heterocycles. The molecule has 2 aliphatic heterocycles. The number of hydrogen-bond acceptors (Lipinski definition) is 6. The van der Waals surface area contributed by atoms with E-state index in [2.05, 4.69) is 27.8 Å². The number of rotatable bonds is 0. The molecule has 9 heteroatoms. The van der Waals surface area contributed by atoms with Crippen LogP contribution < -0.4 is 14.4 Å². The molecule has 2 heterocycles. The summed E-state index contributed by atoms with van der Waals surface area (Å²) in [5.74, 6) is 1.39. The lowest BCUT2D eigenvalue weighted by Gasteiger charge is -2.45. The van der Waals surface area contributed by atoms with Gasteiger partial charge in [0.15, 0.2) is 0 Å². The molecule has 1 spiro atoms. The molecule has 5 atom stereocenters. The summed E-state index contributed by atoms with van der Waals surface area (Å²) in [6.07, 6.45) is 9.57. The highest BCUT2D eigenvalue weighted by atomic mass is 35.5. The second-order valence-corrected chi connectivity index (χ2v) is 15.0. The lowest BCUT2D eigenvalue weighted by molar-refractivity contribution is 0.0456. The lowest BCUT2D eigenvalue weighted by atomic mass is 9.68. The summed E-state index contributed by atoms with van der Waals surface area (Å²) in [5, 5.41) is 11.3. The van der Waals surface area contributed by atoms with E-state index in [1.807, 2.05) is 30.4 Å². The third-order valence-corrected chi connectivity index (χ3v) is 11.8. The summed E-state index contributed by atoms with van der Waals surface area (Å²) in [7, 11) is -3.50. The number of ether oxygens (including phenoxy) is 2. The quantitative estimate of drug-likeness (QED) is 0.397. The number of sulfonamides is 1. The van der Waals surface area contributed by atoms with Crippen LogP contribution in [0.1, 0.15) is 62.1 Å². The van der Waals surface area contributed by atoms with Crippen molar-refractivity contribution in [2.45, 2.75) is 75.2 Å². The van der Waals surface area contributed by atoms with E-state index in [0.717, 1.165) is 67.2 Å². The van der Waals surface area contributed by atoms with E-state index in [4.69, 9.17) is 21.1 Å². The second kappa shape index (κ2) is 11.9. The first-order valence-electron chi connectivity index (χ1n) is 14.9. The Kier molecular flexibility index (Phi) is 8.40. The van der Waals surface area contributed by atoms with Gasteiger partial charge in [0.2, 0.25) is 10.0 Å². The van der Waals surface area contributed by atoms with Crippen molar-refractivity contribution in [3.8, 4) is 5.75 Å². The summed E-state index contributed by atoms with van der Waals surface area (Å²) in [6.45, 7) is 4.19. The number of hydrogen-bond donors (Lipinski definition) is 2. The number of aryl methyl sites for hydroxylation is 1. The van der Waals surface area contributed by atoms with Gasteiger partial charge in [0, 0.05) is 23.5 Å². The summed E-state index contributed by atoms with van der Waals surface area (Å²) in [6, 6.07) is 12.5. The molecule has 6 rings (SSSR count). The number of nitrogens with one attached hydrogen (secondary N) is 1. The molecular weight excluding hydrogens is 560 g/mol. The molecule has 7 nitrogen and oxygen atoms in total. The molecule has 2 aliphatic carbocycles. The minimum absolute atomic E-state index is 0.0786. The van der Waals surface area contributed by atoms with Gasteiger partial charge in [-0.2, -0.15) is 4.72 Å². The number of anilines is 1. The molecule has 2 bridgehead atoms. The summed E-state index contributed by atoms with van der Waals surface area (Å²) < 4.78 is 40.3. The van der Waals surface area contributed by atoms with Crippen LogP contribution in [0.5, 0.6) is 5.75 Å². The van der Waals surface area contributed by atoms with Gasteiger partial charge in [-0.3, -0.25) is 0 Å². The topological polar surface area (TPSA) is 88.1 Å². The Morgan fingerprint density at radius 3 is 2.85 bits per heavy atom. The molecule has 1 saturated carbocycles. The van der Waals surface area contributed by atoms with E-state index >= 15 is 0 Å². The predicted octanol–water partition coefficient (Wildman–Crippen LogP) is 5.33. The molecule has 2 aromatic carbocycles. The van der Waals surface area contributed by atoms with Gasteiger partial charge < -0.3 is 19.5 Å². The molecular formula is C32H41ClN2O5S. The van der Waals surface area contributed by atoms with Gasteiger partial charge in [-0.1, -0.05) is 35.9 Å². The number of allylic oxidation sites excluding steroid dienone is 1. The van der Waals surface area contributed by atoms with Gasteiger partial charge in [-0.15, -0.1) is 0 Å². The fraction of sp³-hybridized carbons (Fsp3) is 0.562. The Morgan fingerprint density at radius 1 is 1.15 bits per heavy atom. The Labute approximate surface area is 248 Å². The van der Waals surface area contributed by atoms with Crippen LogP contribution >= 0.6 is 11.6 Å². The SMILES string of the molecule is C[C@H]1CC/C=C/[C@H](O)[C@@H]2CC[C@H]2CN2C[C@@]3(CCCc4cc(Cl)ccc43)COc3ccc(cc32)COCNS1(=O)=O. The van der Waals surface area contributed by atoms with Crippen molar-refractivity contribution in [2.75, 3.05) is 31.3 Å². The van der Waals surface area contributed by atoms with Crippen LogP contribution in [0.3, 0.4) is 0 Å². The van der Waals surface area contributed by atoms with Crippen molar-refractivity contribution in [3.63, 3.8) is 0 Å². The molecule has 2 aromatic rings. The Balaban J connectivity index is 1.34. The zero-order valence-electron chi connectivity index (χ0n) is 23.7. The smallest absolute Gasteiger partial charge is 0.216 e. The van der Waals surface area contributed by atoms with E-state index in [9.17, 15) is 13.5 Å². The maximum atomic E-state index is 12.7. The highest BCUT2D eigenvalue weighted by Crippen LogP contribution is 2.46. The minimum atomic E-state index is -3.50. The molecule has 222 valence electrons. The summed E-state index contributed by atoms with van der Waals surface area (Å²) in [5.41, 5.74) is 4.49. The first-order chi connectivity index (χ1) is 19.7. The average molecular weight is 601 g/mol. The number of aliphatic hydroxyl groups excluding tert-OH is 1. The van der Waals surface area contributed by atoms with E-state index < -0.39 is 21.4 Å². The number of halogens is 1. The van der Waals surface area contributed by atoms with Crippen molar-refractivity contribution in [1.29, 1.82) is 0 Å². The fourth-order valence-corrected chi connectivity index (χ4v) is 8.28. The first kappa shape index (κ1) is 29.0. The number of fused-ring (bicyclic) bond motifs is 4. The van der Waals surface area contributed by atoms with Crippen LogP contribution in [0.2, 0.25) is 5.02 Å².